The molecule has 0 bridgehead atoms. The third-order valence-electron chi connectivity index (χ3n) is 6.24. The van der Waals surface area contributed by atoms with Crippen LogP contribution in [-0.2, 0) is 0 Å². The second kappa shape index (κ2) is 13.1. The van der Waals surface area contributed by atoms with Crippen molar-refractivity contribution in [3.63, 3.8) is 0 Å². The van der Waals surface area contributed by atoms with Crippen LogP contribution in [0.3, 0.4) is 0 Å². The fourth-order valence-corrected chi connectivity index (χ4v) is 5.57. The number of carbonyl (C=O) groups excluding carboxylic acids is 1. The number of carbonyl (C=O) groups is 1. The molecule has 1 aliphatic rings. The van der Waals surface area contributed by atoms with Gasteiger partial charge in [0.2, 0.25) is 0 Å². The Bertz CT molecular complexity index is 1300. The molecule has 0 spiro atoms. The summed E-state index contributed by atoms with van der Waals surface area (Å²) in [4.78, 5) is 26.1. The van der Waals surface area contributed by atoms with Crippen molar-refractivity contribution in [1.82, 2.24) is 20.3 Å². The highest BCUT2D eigenvalue weighted by Crippen LogP contribution is 2.35. The number of halogens is 1. The number of urea groups is 1. The lowest BCUT2D eigenvalue weighted by atomic mass is 9.87. The van der Waals surface area contributed by atoms with Gasteiger partial charge in [0, 0.05) is 28.5 Å². The Morgan fingerprint density at radius 3 is 2.71 bits per heavy atom. The lowest BCUT2D eigenvalue weighted by molar-refractivity contribution is 0.246. The van der Waals surface area contributed by atoms with E-state index >= 15 is 0 Å². The summed E-state index contributed by atoms with van der Waals surface area (Å²) in [5.74, 6) is 1.62. The molecule has 38 heavy (non-hydrogen) atoms. The third kappa shape index (κ3) is 7.44. The van der Waals surface area contributed by atoms with Crippen molar-refractivity contribution in [2.24, 2.45) is 5.92 Å². The van der Waals surface area contributed by atoms with Crippen molar-refractivity contribution < 1.29 is 9.53 Å². The Kier molecular flexibility index (Phi) is 9.57. The van der Waals surface area contributed by atoms with Crippen molar-refractivity contribution in [3.8, 4) is 27.6 Å². The fraction of sp³-hybridized carbons (Fsp3) is 0.407. The van der Waals surface area contributed by atoms with Gasteiger partial charge < -0.3 is 15.5 Å². The summed E-state index contributed by atoms with van der Waals surface area (Å²) < 4.78 is 6.94. The number of rotatable bonds is 10. The Hall–Kier alpha value is -3.18. The molecule has 9 nitrogen and oxygen atoms in total. The highest BCUT2D eigenvalue weighted by Gasteiger charge is 2.17. The van der Waals surface area contributed by atoms with E-state index in [9.17, 15) is 4.79 Å². The zero-order valence-electron chi connectivity index (χ0n) is 21.5. The molecule has 2 heterocycles. The average molecular weight is 599 g/mol. The van der Waals surface area contributed by atoms with Gasteiger partial charge in [-0.15, -0.1) is 0 Å². The quantitative estimate of drug-likeness (QED) is 0.188. The second-order valence-electron chi connectivity index (χ2n) is 9.59. The predicted octanol–water partition coefficient (Wildman–Crippen LogP) is 6.93. The molecule has 1 aliphatic carbocycles. The zero-order valence-corrected chi connectivity index (χ0v) is 23.9. The summed E-state index contributed by atoms with van der Waals surface area (Å²) in [5.41, 5.74) is 1.81. The first-order valence-electron chi connectivity index (χ1n) is 12.8. The minimum atomic E-state index is -0.334. The topological polar surface area (TPSA) is 137 Å². The molecule has 0 unspecified atom stereocenters. The molecule has 0 atom stereocenters. The number of hydrogen-bond donors (Lipinski definition) is 4. The molecular formula is C27H32BrN7O2S. The van der Waals surface area contributed by atoms with E-state index in [2.05, 4.69) is 41.5 Å². The number of nitrogens with one attached hydrogen (secondary N) is 4. The van der Waals surface area contributed by atoms with E-state index in [1.807, 2.05) is 38.1 Å². The van der Waals surface area contributed by atoms with E-state index in [1.54, 1.807) is 6.20 Å². The second-order valence-corrected chi connectivity index (χ2v) is 11.5. The van der Waals surface area contributed by atoms with Crippen LogP contribution in [0.4, 0.5) is 9.93 Å². The number of nitrogens with zero attached hydrogens (tertiary/aromatic N) is 3. The van der Waals surface area contributed by atoms with E-state index in [0.717, 1.165) is 34.3 Å². The van der Waals surface area contributed by atoms with Crippen LogP contribution in [0.5, 0.6) is 5.75 Å². The SMILES string of the molecule is CC(C)NC(=O)Nc1ncc(-c2cc(-c3cc(OCCC4CCCCC4)ccc3Br)nc(C(=N)C=N)n2)s1. The Morgan fingerprint density at radius 2 is 1.97 bits per heavy atom. The van der Waals surface area contributed by atoms with E-state index < -0.39 is 0 Å². The largest absolute Gasteiger partial charge is 0.494 e. The molecule has 1 aromatic carbocycles. The van der Waals surface area contributed by atoms with Crippen molar-refractivity contribution in [2.75, 3.05) is 11.9 Å². The number of anilines is 1. The minimum absolute atomic E-state index is 0.000929. The van der Waals surface area contributed by atoms with Gasteiger partial charge in [0.15, 0.2) is 11.0 Å². The molecule has 0 radical (unpaired) electrons. The summed E-state index contributed by atoms with van der Waals surface area (Å²) in [6.45, 7) is 4.43. The number of hydrogen-bond acceptors (Lipinski definition) is 8. The first kappa shape index (κ1) is 27.8. The summed E-state index contributed by atoms with van der Waals surface area (Å²) in [7, 11) is 0. The first-order chi connectivity index (χ1) is 18.3. The van der Waals surface area contributed by atoms with Gasteiger partial charge in [-0.05, 0) is 50.5 Å². The zero-order chi connectivity index (χ0) is 27.1. The normalized spacial score (nSPS) is 13.8. The molecule has 1 fully saturated rings. The molecule has 2 aromatic heterocycles. The maximum atomic E-state index is 12.1. The van der Waals surface area contributed by atoms with E-state index in [0.29, 0.717) is 28.0 Å². The summed E-state index contributed by atoms with van der Waals surface area (Å²) in [5, 5.41) is 21.6. The molecule has 200 valence electrons. The van der Waals surface area contributed by atoms with Gasteiger partial charge >= 0.3 is 6.03 Å². The van der Waals surface area contributed by atoms with E-state index in [4.69, 9.17) is 15.6 Å². The highest BCUT2D eigenvalue weighted by molar-refractivity contribution is 9.10. The first-order valence-corrected chi connectivity index (χ1v) is 14.4. The van der Waals surface area contributed by atoms with Gasteiger partial charge in [0.05, 0.1) is 22.9 Å². The lowest BCUT2D eigenvalue weighted by Gasteiger charge is -2.21. The van der Waals surface area contributed by atoms with Crippen LogP contribution >= 0.6 is 27.3 Å². The van der Waals surface area contributed by atoms with Crippen molar-refractivity contribution >= 4 is 50.4 Å². The molecule has 0 aliphatic heterocycles. The maximum absolute atomic E-state index is 12.1. The van der Waals surface area contributed by atoms with Gasteiger partial charge in [0.25, 0.3) is 0 Å². The van der Waals surface area contributed by atoms with Crippen LogP contribution in [0.25, 0.3) is 21.8 Å². The highest BCUT2D eigenvalue weighted by atomic mass is 79.9. The van der Waals surface area contributed by atoms with E-state index in [-0.39, 0.29) is 23.6 Å². The minimum Gasteiger partial charge on any atom is -0.494 e. The summed E-state index contributed by atoms with van der Waals surface area (Å²) in [6, 6.07) is 7.28. The molecule has 3 aromatic rings. The van der Waals surface area contributed by atoms with Crippen LogP contribution in [-0.4, -0.2) is 45.6 Å². The number of aromatic nitrogens is 3. The monoisotopic (exact) mass is 597 g/mol. The fourth-order valence-electron chi connectivity index (χ4n) is 4.35. The van der Waals surface area contributed by atoms with Crippen LogP contribution in [0.15, 0.2) is 34.9 Å². The standard InChI is InChI=1S/C27H32BrN7O2S/c1-16(2)32-26(36)35-27-31-15-24(38-27)23-13-22(33-25(34-23)21(30)14-29)19-12-18(8-9-20(19)28)37-11-10-17-6-4-3-5-7-17/h8-9,12-17,29-30H,3-7,10-11H2,1-2H3,(H2,31,32,35,36). The molecule has 4 N–H and O–H groups in total. The van der Waals surface area contributed by atoms with Crippen LogP contribution in [0, 0.1) is 16.7 Å². The van der Waals surface area contributed by atoms with Crippen LogP contribution < -0.4 is 15.4 Å². The predicted molar refractivity (Wildman–Crippen MR) is 156 cm³/mol. The number of thiazole rings is 1. The number of ether oxygens (including phenoxy) is 1. The van der Waals surface area contributed by atoms with Crippen LogP contribution in [0.2, 0.25) is 0 Å². The molecule has 4 rings (SSSR count). The summed E-state index contributed by atoms with van der Waals surface area (Å²) >= 11 is 4.90. The van der Waals surface area contributed by atoms with Crippen molar-refractivity contribution in [1.29, 1.82) is 10.8 Å². The van der Waals surface area contributed by atoms with Gasteiger partial charge in [0.1, 0.15) is 11.5 Å². The molecule has 0 saturated heterocycles. The Morgan fingerprint density at radius 1 is 1.21 bits per heavy atom. The van der Waals surface area contributed by atoms with Gasteiger partial charge in [-0.25, -0.2) is 19.7 Å². The third-order valence-corrected chi connectivity index (χ3v) is 7.87. The Labute approximate surface area is 235 Å². The lowest BCUT2D eigenvalue weighted by Crippen LogP contribution is -2.34. The van der Waals surface area contributed by atoms with Crippen molar-refractivity contribution in [3.05, 3.63) is 40.8 Å². The smallest absolute Gasteiger partial charge is 0.321 e. The van der Waals surface area contributed by atoms with Crippen molar-refractivity contribution in [2.45, 2.75) is 58.4 Å². The van der Waals surface area contributed by atoms with Gasteiger partial charge in [-0.2, -0.15) is 0 Å². The van der Waals surface area contributed by atoms with Crippen LogP contribution in [0.1, 0.15) is 58.2 Å². The average Bonchev–Trinajstić information content (AvgIpc) is 3.37. The number of benzene rings is 1. The maximum Gasteiger partial charge on any atom is 0.321 e. The number of amides is 2. The van der Waals surface area contributed by atoms with E-state index in [1.165, 1.54) is 43.4 Å². The van der Waals surface area contributed by atoms with Gasteiger partial charge in [-0.3, -0.25) is 10.7 Å². The Balaban J connectivity index is 1.59. The molecule has 1 saturated carbocycles. The molecule has 2 amide bonds. The van der Waals surface area contributed by atoms with Gasteiger partial charge in [-0.1, -0.05) is 59.4 Å². The summed E-state index contributed by atoms with van der Waals surface area (Å²) in [6.07, 6.45) is 10.2. The molecular weight excluding hydrogens is 566 g/mol. The molecule has 11 heteroatoms.